The van der Waals surface area contributed by atoms with Crippen LogP contribution in [0.15, 0.2) is 52.4 Å². The van der Waals surface area contributed by atoms with Crippen molar-refractivity contribution in [3.05, 3.63) is 53.7 Å². The molecule has 3 heterocycles. The van der Waals surface area contributed by atoms with Crippen LogP contribution in [0.3, 0.4) is 0 Å². The summed E-state index contributed by atoms with van der Waals surface area (Å²) in [6.07, 6.45) is 1.89. The topological polar surface area (TPSA) is 71.3 Å². The minimum absolute atomic E-state index is 0.0244. The Hall–Kier alpha value is -2.51. The van der Waals surface area contributed by atoms with Crippen LogP contribution in [-0.2, 0) is 11.3 Å². The molecular formula is C19H20N4O2S. The SMILES string of the molecule is O=C(Nc1ccccc1)C1CCCN(Cc2nc(-c3cccs3)no2)C1. The number of anilines is 1. The van der Waals surface area contributed by atoms with Gasteiger partial charge >= 0.3 is 0 Å². The highest BCUT2D eigenvalue weighted by atomic mass is 32.1. The van der Waals surface area contributed by atoms with E-state index in [4.69, 9.17) is 4.52 Å². The third-order valence-corrected chi connectivity index (χ3v) is 5.35. The molecule has 1 aromatic carbocycles. The van der Waals surface area contributed by atoms with Gasteiger partial charge in [0.25, 0.3) is 0 Å². The highest BCUT2D eigenvalue weighted by Gasteiger charge is 2.27. The zero-order valence-electron chi connectivity index (χ0n) is 14.3. The van der Waals surface area contributed by atoms with Crippen LogP contribution in [0.25, 0.3) is 10.7 Å². The number of hydrogen-bond donors (Lipinski definition) is 1. The standard InChI is InChI=1S/C19H20N4O2S/c24-19(20-15-7-2-1-3-8-15)14-6-4-10-23(12-14)13-17-21-18(22-25-17)16-9-5-11-26-16/h1-3,5,7-9,11,14H,4,6,10,12-13H2,(H,20,24). The van der Waals surface area contributed by atoms with Crippen LogP contribution in [-0.4, -0.2) is 34.0 Å². The summed E-state index contributed by atoms with van der Waals surface area (Å²) in [6, 6.07) is 13.5. The molecule has 1 N–H and O–H groups in total. The van der Waals surface area contributed by atoms with Crippen molar-refractivity contribution < 1.29 is 9.32 Å². The van der Waals surface area contributed by atoms with Gasteiger partial charge in [0, 0.05) is 12.2 Å². The summed E-state index contributed by atoms with van der Waals surface area (Å²) in [6.45, 7) is 2.22. The predicted molar refractivity (Wildman–Crippen MR) is 101 cm³/mol. The molecule has 6 nitrogen and oxygen atoms in total. The summed E-state index contributed by atoms with van der Waals surface area (Å²) in [5.74, 6) is 1.28. The van der Waals surface area contributed by atoms with E-state index >= 15 is 0 Å². The number of amides is 1. The average Bonchev–Trinajstić information content (AvgIpc) is 3.34. The molecule has 1 unspecified atom stereocenters. The first-order valence-electron chi connectivity index (χ1n) is 8.72. The number of likely N-dealkylation sites (tertiary alicyclic amines) is 1. The molecule has 1 atom stereocenters. The number of thiophene rings is 1. The van der Waals surface area contributed by atoms with Crippen LogP contribution < -0.4 is 5.32 Å². The molecule has 134 valence electrons. The minimum atomic E-state index is -0.0244. The van der Waals surface area contributed by atoms with Crippen molar-refractivity contribution in [1.82, 2.24) is 15.0 Å². The number of carbonyl (C=O) groups is 1. The lowest BCUT2D eigenvalue weighted by Crippen LogP contribution is -2.40. The number of para-hydroxylation sites is 1. The Labute approximate surface area is 155 Å². The number of hydrogen-bond acceptors (Lipinski definition) is 6. The third kappa shape index (κ3) is 4.00. The Morgan fingerprint density at radius 1 is 1.27 bits per heavy atom. The summed E-state index contributed by atoms with van der Waals surface area (Å²) in [4.78, 5) is 20.2. The van der Waals surface area contributed by atoms with Gasteiger partial charge in [0.15, 0.2) is 0 Å². The summed E-state index contributed by atoms with van der Waals surface area (Å²) >= 11 is 1.59. The molecule has 1 saturated heterocycles. The smallest absolute Gasteiger partial charge is 0.241 e. The summed E-state index contributed by atoms with van der Waals surface area (Å²) in [5, 5.41) is 9.05. The van der Waals surface area contributed by atoms with E-state index < -0.39 is 0 Å². The maximum Gasteiger partial charge on any atom is 0.241 e. The van der Waals surface area contributed by atoms with Gasteiger partial charge < -0.3 is 9.84 Å². The summed E-state index contributed by atoms with van der Waals surface area (Å²) in [7, 11) is 0. The lowest BCUT2D eigenvalue weighted by atomic mass is 9.97. The number of carbonyl (C=O) groups excluding carboxylic acids is 1. The van der Waals surface area contributed by atoms with E-state index in [1.165, 1.54) is 0 Å². The van der Waals surface area contributed by atoms with Crippen molar-refractivity contribution in [1.29, 1.82) is 0 Å². The van der Waals surface area contributed by atoms with Crippen molar-refractivity contribution in [3.8, 4) is 10.7 Å². The molecule has 1 fully saturated rings. The highest BCUT2D eigenvalue weighted by Crippen LogP contribution is 2.23. The number of nitrogens with zero attached hydrogens (tertiary/aromatic N) is 3. The van der Waals surface area contributed by atoms with Crippen LogP contribution in [0.1, 0.15) is 18.7 Å². The van der Waals surface area contributed by atoms with E-state index in [2.05, 4.69) is 20.4 Å². The molecule has 0 radical (unpaired) electrons. The van der Waals surface area contributed by atoms with Crippen LogP contribution in [0.5, 0.6) is 0 Å². The molecule has 0 aliphatic carbocycles. The number of aromatic nitrogens is 2. The van der Waals surface area contributed by atoms with Crippen molar-refractivity contribution in [2.75, 3.05) is 18.4 Å². The van der Waals surface area contributed by atoms with Gasteiger partial charge in [-0.3, -0.25) is 9.69 Å². The Morgan fingerprint density at radius 2 is 2.15 bits per heavy atom. The molecule has 4 rings (SSSR count). The first-order chi connectivity index (χ1) is 12.8. The second kappa shape index (κ2) is 7.80. The van der Waals surface area contributed by atoms with Crippen LogP contribution >= 0.6 is 11.3 Å². The lowest BCUT2D eigenvalue weighted by molar-refractivity contribution is -0.121. The molecule has 0 spiro atoms. The van der Waals surface area contributed by atoms with Gasteiger partial charge in [-0.1, -0.05) is 29.4 Å². The number of nitrogens with one attached hydrogen (secondary N) is 1. The fourth-order valence-electron chi connectivity index (χ4n) is 3.20. The van der Waals surface area contributed by atoms with Gasteiger partial charge in [-0.2, -0.15) is 4.98 Å². The van der Waals surface area contributed by atoms with Crippen molar-refractivity contribution >= 4 is 22.9 Å². The Bertz CT molecular complexity index is 848. The minimum Gasteiger partial charge on any atom is -0.338 e. The van der Waals surface area contributed by atoms with Gasteiger partial charge in [-0.25, -0.2) is 0 Å². The van der Waals surface area contributed by atoms with Crippen molar-refractivity contribution in [2.45, 2.75) is 19.4 Å². The van der Waals surface area contributed by atoms with Gasteiger partial charge in [0.05, 0.1) is 17.3 Å². The Kier molecular flexibility index (Phi) is 5.08. The first kappa shape index (κ1) is 16.9. The maximum absolute atomic E-state index is 12.5. The number of piperidine rings is 1. The summed E-state index contributed by atoms with van der Waals surface area (Å²) in [5.41, 5.74) is 0.840. The van der Waals surface area contributed by atoms with Crippen LogP contribution in [0.4, 0.5) is 5.69 Å². The predicted octanol–water partition coefficient (Wildman–Crippen LogP) is 3.65. The molecule has 3 aromatic rings. The molecule has 2 aromatic heterocycles. The van der Waals surface area contributed by atoms with E-state index in [0.29, 0.717) is 24.8 Å². The Morgan fingerprint density at radius 3 is 2.96 bits per heavy atom. The monoisotopic (exact) mass is 368 g/mol. The van der Waals surface area contributed by atoms with Crippen LogP contribution in [0, 0.1) is 5.92 Å². The van der Waals surface area contributed by atoms with Crippen molar-refractivity contribution in [2.24, 2.45) is 5.92 Å². The van der Waals surface area contributed by atoms with Gasteiger partial charge in [0.2, 0.25) is 17.6 Å². The van der Waals surface area contributed by atoms with E-state index in [1.807, 2.05) is 47.8 Å². The molecular weight excluding hydrogens is 348 g/mol. The third-order valence-electron chi connectivity index (χ3n) is 4.49. The van der Waals surface area contributed by atoms with Gasteiger partial charge in [-0.15, -0.1) is 11.3 Å². The largest absolute Gasteiger partial charge is 0.338 e. The van der Waals surface area contributed by atoms with E-state index in [0.717, 1.165) is 30.0 Å². The van der Waals surface area contributed by atoms with Gasteiger partial charge in [0.1, 0.15) is 0 Å². The molecule has 26 heavy (non-hydrogen) atoms. The second-order valence-electron chi connectivity index (χ2n) is 6.42. The Balaban J connectivity index is 1.35. The van der Waals surface area contributed by atoms with E-state index in [9.17, 15) is 4.79 Å². The number of rotatable bonds is 5. The zero-order valence-corrected chi connectivity index (χ0v) is 15.1. The molecule has 7 heteroatoms. The normalized spacial score (nSPS) is 17.9. The molecule has 0 bridgehead atoms. The summed E-state index contributed by atoms with van der Waals surface area (Å²) < 4.78 is 5.39. The highest BCUT2D eigenvalue weighted by molar-refractivity contribution is 7.13. The van der Waals surface area contributed by atoms with E-state index in [-0.39, 0.29) is 11.8 Å². The average molecular weight is 368 g/mol. The molecule has 1 aliphatic heterocycles. The molecule has 0 saturated carbocycles. The lowest BCUT2D eigenvalue weighted by Gasteiger charge is -2.30. The first-order valence-corrected chi connectivity index (χ1v) is 9.60. The number of benzene rings is 1. The zero-order chi connectivity index (χ0) is 17.8. The van der Waals surface area contributed by atoms with E-state index in [1.54, 1.807) is 11.3 Å². The second-order valence-corrected chi connectivity index (χ2v) is 7.37. The van der Waals surface area contributed by atoms with Crippen molar-refractivity contribution in [3.63, 3.8) is 0 Å². The molecule has 1 aliphatic rings. The fourth-order valence-corrected chi connectivity index (χ4v) is 3.84. The maximum atomic E-state index is 12.5. The molecule has 1 amide bonds. The van der Waals surface area contributed by atoms with Gasteiger partial charge in [-0.05, 0) is 43.0 Å². The quantitative estimate of drug-likeness (QED) is 0.744. The fraction of sp³-hybridized carbons (Fsp3) is 0.316. The van der Waals surface area contributed by atoms with Crippen LogP contribution in [0.2, 0.25) is 0 Å².